The van der Waals surface area contributed by atoms with E-state index in [1.165, 1.54) is 12.1 Å². The Balaban J connectivity index is 0.000000154. The number of rotatable bonds is 10. The van der Waals surface area contributed by atoms with Crippen molar-refractivity contribution in [3.63, 3.8) is 0 Å². The van der Waals surface area contributed by atoms with E-state index in [2.05, 4.69) is 45.0 Å². The van der Waals surface area contributed by atoms with Crippen molar-refractivity contribution in [3.05, 3.63) is 171 Å². The molecule has 32 nitrogen and oxygen atoms in total. The summed E-state index contributed by atoms with van der Waals surface area (Å²) in [6.07, 6.45) is 2.31. The van der Waals surface area contributed by atoms with Gasteiger partial charge in [-0.1, -0.05) is 52.5 Å². The molecule has 0 saturated carbocycles. The number of aromatic nitrogens is 8. The third-order valence-corrected chi connectivity index (χ3v) is 28.6. The molecule has 9 aliphatic heterocycles. The summed E-state index contributed by atoms with van der Waals surface area (Å²) in [5.41, 5.74) is 5.02. The van der Waals surface area contributed by atoms with Gasteiger partial charge in [0.05, 0.1) is 112 Å². The Bertz CT molecular complexity index is 5640. The molecule has 0 radical (unpaired) electrons. The zero-order valence-electron chi connectivity index (χ0n) is 83.0. The molecular weight excluding hydrogens is 1840 g/mol. The molecule has 38 heteroatoms. The normalized spacial score (nSPS) is 21.6. The van der Waals surface area contributed by atoms with E-state index in [0.29, 0.717) is 146 Å². The lowest BCUT2D eigenvalue weighted by molar-refractivity contribution is -0.174. The molecule has 9 aliphatic rings. The van der Waals surface area contributed by atoms with Crippen LogP contribution in [0.4, 0.5) is 23.2 Å². The van der Waals surface area contributed by atoms with Crippen molar-refractivity contribution in [2.24, 2.45) is 22.6 Å². The number of likely N-dealkylation sites (tertiary alicyclic amines) is 4. The minimum Gasteiger partial charge on any atom is -0.481 e. The van der Waals surface area contributed by atoms with Crippen LogP contribution >= 0.6 is 46.4 Å². The molecule has 4 unspecified atom stereocenters. The van der Waals surface area contributed by atoms with Gasteiger partial charge >= 0.3 is 30.2 Å². The molecule has 16 rings (SSSR count). The van der Waals surface area contributed by atoms with Crippen molar-refractivity contribution >= 4 is 82.5 Å². The first-order valence-electron chi connectivity index (χ1n) is 46.3. The van der Waals surface area contributed by atoms with Crippen molar-refractivity contribution in [2.45, 2.75) is 317 Å². The number of amides is 4. The Labute approximate surface area is 814 Å². The van der Waals surface area contributed by atoms with Crippen LogP contribution in [0.5, 0.6) is 0 Å². The number of fused-ring (bicyclic) bond motifs is 8. The molecule has 5 saturated heterocycles. The number of hydrogen-bond acceptors (Lipinski definition) is 26. The standard InChI is InChI=1S/C23H31ClN4O4.C21H31ClN4O4.C21H29ClN2O5.C18H23ClN4O2.C15H19F2NO2/c1-13-16(24)12-15-17(25-13)23(8-10-28(11-9-23)20(29)32-21(3,4)5)31-18(15)22(6,7)19-27-26-14(2)30-19;1-12-14(22)11-13-15(24-12)21(29-16(13)20(5,6)17(27)25-23)7-9-26(10-8-21)18(28)30-19(2,3)4;1-12-14(22)11-13-15(23-12)21(28-16(13)20(5,6)17(25)26)7-9-24(10-8-21)18(27)29-19(2,3)4;1-10-13(19)9-12-14(21-10)18(5-7-20-8-6-18)25-15(12)17(3,4)16-23-22-11(2)24-16;1-15(2,3)18-7-11(12(8-18)14(19)20)10-5-4-9(16)6-13(10)17/h12,18H,8-11H2,1-7H3;11,16H,7-10,23H2,1-6H3,(H,25,27);11,16H,7-10H2,1-6H3,(H,25,26);9,15,20H,5-8H2,1-4H3;4-6,11-12H,7-8H2,1-3H3,(H,19,20)/t;;;;11-,12+/m....0/s1. The smallest absolute Gasteiger partial charge is 0.410 e. The average molecular weight is 1970 g/mol. The van der Waals surface area contributed by atoms with Crippen LogP contribution < -0.4 is 16.6 Å². The SMILES string of the molecule is CC(C)(C)N1C[C@@H](C(=O)O)[C@H](c2ccc(F)cc2F)C1.Cc1nc2c(cc1Cl)C(C(C)(C)C(=O)NN)OC21CCN(C(=O)OC(C)(C)C)CC1.Cc1nc2c(cc1Cl)C(C(C)(C)C(=O)O)OC21CCN(C(=O)OC(C)(C)C)CC1.Cc1nnc(C(C)(C)C2OC3(CCN(C(=O)OC(C)(C)C)CC3)c3nc(C)c(Cl)cc32)o1.Cc1nnc(C(C)(C)C2OC3(CCNCC3)c3nc(C)c(Cl)cc32)o1. The second kappa shape index (κ2) is 39.3. The lowest BCUT2D eigenvalue weighted by Gasteiger charge is -2.40. The van der Waals surface area contributed by atoms with Crippen molar-refractivity contribution in [2.75, 3.05) is 65.4 Å². The quantitative estimate of drug-likeness (QED) is 0.0367. The van der Waals surface area contributed by atoms with Gasteiger partial charge < -0.3 is 72.2 Å². The number of carboxylic acid groups (broad SMARTS) is 2. The molecule has 6 aromatic heterocycles. The zero-order chi connectivity index (χ0) is 101. The highest BCUT2D eigenvalue weighted by molar-refractivity contribution is 6.32. The molecule has 5 fully saturated rings. The summed E-state index contributed by atoms with van der Waals surface area (Å²) in [6.45, 7) is 54.3. The fourth-order valence-corrected chi connectivity index (χ4v) is 19.7. The number of ether oxygens (including phenoxy) is 7. The maximum absolute atomic E-state index is 13.9. The number of hydrogen-bond donors (Lipinski definition) is 5. The predicted molar refractivity (Wildman–Crippen MR) is 504 cm³/mol. The number of benzene rings is 1. The third kappa shape index (κ3) is 22.1. The first-order chi connectivity index (χ1) is 62.9. The van der Waals surface area contributed by atoms with E-state index < -0.39 is 103 Å². The van der Waals surface area contributed by atoms with Crippen LogP contribution in [-0.4, -0.2) is 194 Å². The first-order valence-corrected chi connectivity index (χ1v) is 47.8. The summed E-state index contributed by atoms with van der Waals surface area (Å²) in [7, 11) is 0. The highest BCUT2D eigenvalue weighted by atomic mass is 35.5. The van der Waals surface area contributed by atoms with E-state index in [0.717, 1.165) is 88.4 Å². The fourth-order valence-electron chi connectivity index (χ4n) is 19.0. The Morgan fingerprint density at radius 3 is 1.05 bits per heavy atom. The Morgan fingerprint density at radius 1 is 0.449 bits per heavy atom. The van der Waals surface area contributed by atoms with Crippen molar-refractivity contribution in [1.82, 2.24) is 70.7 Å². The maximum atomic E-state index is 13.9. The minimum absolute atomic E-state index is 0.182. The van der Waals surface area contributed by atoms with Crippen molar-refractivity contribution < 1.29 is 89.8 Å². The number of pyridine rings is 4. The van der Waals surface area contributed by atoms with Gasteiger partial charge in [0.2, 0.25) is 29.5 Å². The molecule has 7 aromatic rings. The molecule has 15 heterocycles. The van der Waals surface area contributed by atoms with Crippen LogP contribution in [0.25, 0.3) is 0 Å². The number of halogens is 6. The maximum Gasteiger partial charge on any atom is 0.410 e. The molecule has 6 N–H and O–H groups in total. The highest BCUT2D eigenvalue weighted by Crippen LogP contribution is 2.60. The van der Waals surface area contributed by atoms with Gasteiger partial charge in [-0.3, -0.25) is 44.6 Å². The second-order valence-corrected chi connectivity index (χ2v) is 44.9. The first kappa shape index (κ1) is 106. The molecule has 4 spiro atoms. The topological polar surface area (TPSA) is 400 Å². The number of aryl methyl sites for hydroxylation is 6. The van der Waals surface area contributed by atoms with Gasteiger partial charge in [-0.15, -0.1) is 20.4 Å². The fraction of sp³-hybridized carbons (Fsp3) is 0.633. The van der Waals surface area contributed by atoms with E-state index >= 15 is 0 Å². The van der Waals surface area contributed by atoms with Gasteiger partial charge in [0, 0.05) is 106 Å². The van der Waals surface area contributed by atoms with Gasteiger partial charge in [0.15, 0.2) is 0 Å². The number of nitrogens with one attached hydrogen (secondary N) is 2. The number of aliphatic carboxylic acids is 2. The predicted octanol–water partition coefficient (Wildman–Crippen LogP) is 19.0. The van der Waals surface area contributed by atoms with Crippen LogP contribution in [0.1, 0.15) is 317 Å². The lowest BCUT2D eigenvalue weighted by atomic mass is 9.81. The Hall–Kier alpha value is -8.94. The van der Waals surface area contributed by atoms with Gasteiger partial charge in [0.25, 0.3) is 0 Å². The number of nitrogens with zero attached hydrogens (tertiary/aromatic N) is 12. The number of piperidine rings is 4. The van der Waals surface area contributed by atoms with Gasteiger partial charge in [-0.05, 0) is 267 Å². The molecule has 0 bridgehead atoms. The van der Waals surface area contributed by atoms with Crippen LogP contribution in [0.3, 0.4) is 0 Å². The molecule has 136 heavy (non-hydrogen) atoms. The summed E-state index contributed by atoms with van der Waals surface area (Å²) in [6, 6.07) is 10.9. The van der Waals surface area contributed by atoms with Gasteiger partial charge in [-0.2, -0.15) is 0 Å². The molecule has 6 atom stereocenters. The largest absolute Gasteiger partial charge is 0.481 e. The average Bonchev–Trinajstić information content (AvgIpc) is 1.58. The Morgan fingerprint density at radius 2 is 0.765 bits per heavy atom. The van der Waals surface area contributed by atoms with E-state index in [9.17, 15) is 47.8 Å². The summed E-state index contributed by atoms with van der Waals surface area (Å²) < 4.78 is 81.5. The molecule has 744 valence electrons. The third-order valence-electron chi connectivity index (χ3n) is 27.0. The zero-order valence-corrected chi connectivity index (χ0v) is 86.0. The summed E-state index contributed by atoms with van der Waals surface area (Å²) >= 11 is 25.5. The molecule has 4 amide bonds. The van der Waals surface area contributed by atoms with E-state index in [4.69, 9.17) is 114 Å². The van der Waals surface area contributed by atoms with E-state index in [1.54, 1.807) is 62.3 Å². The van der Waals surface area contributed by atoms with Crippen LogP contribution in [0, 0.1) is 69.9 Å². The molecular formula is C98H133Cl4F2N15O17. The van der Waals surface area contributed by atoms with Crippen molar-refractivity contribution in [3.8, 4) is 0 Å². The summed E-state index contributed by atoms with van der Waals surface area (Å²) in [5.74, 6) is 2.89. The monoisotopic (exact) mass is 1970 g/mol. The molecule has 0 aliphatic carbocycles. The number of carboxylic acids is 2. The Kier molecular flexibility index (Phi) is 30.6. The van der Waals surface area contributed by atoms with Crippen LogP contribution in [0.2, 0.25) is 20.1 Å². The van der Waals surface area contributed by atoms with Crippen molar-refractivity contribution in [1.29, 1.82) is 0 Å². The molecule has 1 aromatic carbocycles. The number of hydrazine groups is 1. The number of nitrogens with two attached hydrogens (primary N) is 1. The van der Waals surface area contributed by atoms with E-state index in [1.807, 2.05) is 148 Å². The van der Waals surface area contributed by atoms with E-state index in [-0.39, 0.29) is 53.1 Å². The summed E-state index contributed by atoms with van der Waals surface area (Å²) in [4.78, 5) is 99.6. The lowest BCUT2D eigenvalue weighted by Crippen LogP contribution is -2.48. The van der Waals surface area contributed by atoms with Gasteiger partial charge in [0.1, 0.15) is 56.9 Å². The number of carbonyl (C=O) groups excluding carboxylic acids is 4. The van der Waals surface area contributed by atoms with Crippen LogP contribution in [-0.2, 0) is 80.8 Å². The van der Waals surface area contributed by atoms with Crippen LogP contribution in [0.15, 0.2) is 51.3 Å². The minimum atomic E-state index is -1.15. The van der Waals surface area contributed by atoms with Gasteiger partial charge in [-0.25, -0.2) is 29.0 Å². The highest BCUT2D eigenvalue weighted by Gasteiger charge is 2.60. The second-order valence-electron chi connectivity index (χ2n) is 43.3. The summed E-state index contributed by atoms with van der Waals surface area (Å²) in [5, 5.41) is 41.3. The number of carbonyl (C=O) groups is 6.